The summed E-state index contributed by atoms with van der Waals surface area (Å²) in [6, 6.07) is 21.5. The number of methoxy groups -OCH3 is 1. The third-order valence-electron chi connectivity index (χ3n) is 4.79. The minimum atomic E-state index is -0.346. The molecular formula is C25H24FN3O3S. The number of hydrogen-bond donors (Lipinski definition) is 0. The van der Waals surface area contributed by atoms with Crippen LogP contribution in [0.5, 0.6) is 17.2 Å². The molecule has 0 aliphatic carbocycles. The molecule has 0 atom stereocenters. The Morgan fingerprint density at radius 2 is 1.52 bits per heavy atom. The van der Waals surface area contributed by atoms with Crippen molar-refractivity contribution in [3.63, 3.8) is 0 Å². The van der Waals surface area contributed by atoms with Crippen molar-refractivity contribution in [3.05, 3.63) is 78.6 Å². The number of ether oxygens (including phenoxy) is 3. The van der Waals surface area contributed by atoms with E-state index in [4.69, 9.17) is 14.2 Å². The maximum Gasteiger partial charge on any atom is 0.196 e. The first-order valence-corrected chi connectivity index (χ1v) is 11.5. The highest BCUT2D eigenvalue weighted by Gasteiger charge is 2.18. The summed E-state index contributed by atoms with van der Waals surface area (Å²) in [5.41, 5.74) is 1.21. The quantitative estimate of drug-likeness (QED) is 0.223. The highest BCUT2D eigenvalue weighted by Crippen LogP contribution is 2.30. The maximum atomic E-state index is 14.7. The average molecular weight is 466 g/mol. The first kappa shape index (κ1) is 22.7. The number of hydrogen-bond acceptors (Lipinski definition) is 6. The summed E-state index contributed by atoms with van der Waals surface area (Å²) in [6.45, 7) is 2.98. The van der Waals surface area contributed by atoms with Crippen LogP contribution >= 0.6 is 11.8 Å². The highest BCUT2D eigenvalue weighted by molar-refractivity contribution is 7.99. The number of halogens is 1. The maximum absolute atomic E-state index is 14.7. The first-order chi connectivity index (χ1) is 16.2. The van der Waals surface area contributed by atoms with E-state index in [1.807, 2.05) is 55.5 Å². The van der Waals surface area contributed by atoms with Crippen molar-refractivity contribution >= 4 is 11.8 Å². The van der Waals surface area contributed by atoms with Crippen LogP contribution in [0.15, 0.2) is 78.0 Å². The first-order valence-electron chi connectivity index (χ1n) is 10.5. The van der Waals surface area contributed by atoms with Gasteiger partial charge in [-0.05, 0) is 67.6 Å². The molecule has 0 saturated carbocycles. The van der Waals surface area contributed by atoms with Gasteiger partial charge >= 0.3 is 0 Å². The number of aromatic nitrogens is 3. The van der Waals surface area contributed by atoms with Gasteiger partial charge in [-0.2, -0.15) is 0 Å². The van der Waals surface area contributed by atoms with Crippen molar-refractivity contribution in [3.8, 4) is 34.3 Å². The van der Waals surface area contributed by atoms with Crippen molar-refractivity contribution in [2.24, 2.45) is 0 Å². The summed E-state index contributed by atoms with van der Waals surface area (Å²) >= 11 is 1.45. The molecule has 3 aromatic carbocycles. The summed E-state index contributed by atoms with van der Waals surface area (Å²) in [5, 5.41) is 9.29. The van der Waals surface area contributed by atoms with Crippen LogP contribution in [0.25, 0.3) is 17.1 Å². The number of para-hydroxylation sites is 1. The molecule has 0 radical (unpaired) electrons. The molecule has 0 amide bonds. The van der Waals surface area contributed by atoms with Crippen LogP contribution in [0.4, 0.5) is 4.39 Å². The summed E-state index contributed by atoms with van der Waals surface area (Å²) in [6.07, 6.45) is 0. The smallest absolute Gasteiger partial charge is 0.196 e. The third-order valence-corrected chi connectivity index (χ3v) is 5.69. The van der Waals surface area contributed by atoms with Gasteiger partial charge in [0.2, 0.25) is 0 Å². The average Bonchev–Trinajstić information content (AvgIpc) is 3.27. The molecule has 1 aromatic heterocycles. The lowest BCUT2D eigenvalue weighted by molar-refractivity contribution is 0.340. The fourth-order valence-corrected chi connectivity index (χ4v) is 3.99. The molecule has 4 rings (SSSR count). The van der Waals surface area contributed by atoms with Crippen LogP contribution in [-0.4, -0.2) is 40.8 Å². The molecule has 0 fully saturated rings. The van der Waals surface area contributed by atoms with E-state index in [0.29, 0.717) is 35.6 Å². The van der Waals surface area contributed by atoms with E-state index in [-0.39, 0.29) is 5.82 Å². The summed E-state index contributed by atoms with van der Waals surface area (Å²) in [4.78, 5) is 0. The van der Waals surface area contributed by atoms with Gasteiger partial charge in [-0.3, -0.25) is 4.57 Å². The van der Waals surface area contributed by atoms with Crippen molar-refractivity contribution in [2.45, 2.75) is 12.1 Å². The lowest BCUT2D eigenvalue weighted by Crippen LogP contribution is -2.05. The molecule has 0 aliphatic rings. The topological polar surface area (TPSA) is 58.4 Å². The number of benzene rings is 3. The van der Waals surface area contributed by atoms with Gasteiger partial charge in [-0.15, -0.1) is 10.2 Å². The van der Waals surface area contributed by atoms with Crippen molar-refractivity contribution < 1.29 is 18.6 Å². The lowest BCUT2D eigenvalue weighted by Gasteiger charge is -2.12. The largest absolute Gasteiger partial charge is 0.497 e. The van der Waals surface area contributed by atoms with Gasteiger partial charge < -0.3 is 14.2 Å². The molecular weight excluding hydrogens is 441 g/mol. The minimum Gasteiger partial charge on any atom is -0.497 e. The van der Waals surface area contributed by atoms with Crippen LogP contribution in [0.1, 0.15) is 6.92 Å². The van der Waals surface area contributed by atoms with Gasteiger partial charge in [-0.1, -0.05) is 23.9 Å². The summed E-state index contributed by atoms with van der Waals surface area (Å²) in [7, 11) is 1.62. The molecule has 0 aliphatic heterocycles. The fourth-order valence-electron chi connectivity index (χ4n) is 3.23. The molecule has 0 saturated heterocycles. The molecule has 0 unspecified atom stereocenters. The summed E-state index contributed by atoms with van der Waals surface area (Å²) < 4.78 is 32.9. The van der Waals surface area contributed by atoms with Crippen LogP contribution in [-0.2, 0) is 0 Å². The minimum absolute atomic E-state index is 0.346. The Balaban J connectivity index is 1.54. The number of rotatable bonds is 10. The van der Waals surface area contributed by atoms with Crippen LogP contribution in [0, 0.1) is 5.82 Å². The molecule has 6 nitrogen and oxygen atoms in total. The predicted octanol–water partition coefficient (Wildman–Crippen LogP) is 5.65. The van der Waals surface area contributed by atoms with E-state index < -0.39 is 0 Å². The zero-order valence-electron chi connectivity index (χ0n) is 18.4. The Morgan fingerprint density at radius 3 is 2.21 bits per heavy atom. The van der Waals surface area contributed by atoms with Gasteiger partial charge in [0.15, 0.2) is 11.0 Å². The van der Waals surface area contributed by atoms with Crippen molar-refractivity contribution in [2.75, 3.05) is 26.1 Å². The monoisotopic (exact) mass is 465 g/mol. The van der Waals surface area contributed by atoms with E-state index in [9.17, 15) is 4.39 Å². The van der Waals surface area contributed by atoms with Crippen LogP contribution < -0.4 is 14.2 Å². The summed E-state index contributed by atoms with van der Waals surface area (Å²) in [5.74, 6) is 3.12. The molecule has 33 heavy (non-hydrogen) atoms. The van der Waals surface area contributed by atoms with Gasteiger partial charge in [0.1, 0.15) is 23.1 Å². The molecule has 170 valence electrons. The van der Waals surface area contributed by atoms with Gasteiger partial charge in [-0.25, -0.2) is 4.39 Å². The van der Waals surface area contributed by atoms with Crippen LogP contribution in [0.3, 0.4) is 0 Å². The SMILES string of the molecule is CCOc1ccc(-c2nnc(SCCOc3ccc(OC)cc3)n2-c2ccccc2F)cc1. The van der Waals surface area contributed by atoms with E-state index in [0.717, 1.165) is 22.8 Å². The molecule has 0 spiro atoms. The zero-order chi connectivity index (χ0) is 23.0. The van der Waals surface area contributed by atoms with Crippen molar-refractivity contribution in [1.29, 1.82) is 0 Å². The molecule has 8 heteroatoms. The van der Waals surface area contributed by atoms with E-state index in [1.165, 1.54) is 17.8 Å². The Bertz CT molecular complexity index is 1180. The second-order valence-corrected chi connectivity index (χ2v) is 7.98. The molecule has 0 N–H and O–H groups in total. The van der Waals surface area contributed by atoms with E-state index >= 15 is 0 Å². The van der Waals surface area contributed by atoms with Crippen molar-refractivity contribution in [1.82, 2.24) is 14.8 Å². The van der Waals surface area contributed by atoms with E-state index in [1.54, 1.807) is 29.9 Å². The van der Waals surface area contributed by atoms with Gasteiger partial charge in [0.05, 0.1) is 26.0 Å². The van der Waals surface area contributed by atoms with Gasteiger partial charge in [0.25, 0.3) is 0 Å². The molecule has 0 bridgehead atoms. The van der Waals surface area contributed by atoms with Crippen LogP contribution in [0.2, 0.25) is 0 Å². The second-order valence-electron chi connectivity index (χ2n) is 6.92. The van der Waals surface area contributed by atoms with Gasteiger partial charge in [0, 0.05) is 11.3 Å². The molecule has 4 aromatic rings. The second kappa shape index (κ2) is 10.9. The normalized spacial score (nSPS) is 10.8. The van der Waals surface area contributed by atoms with E-state index in [2.05, 4.69) is 10.2 Å². The standard InChI is InChI=1S/C25H24FN3O3S/c1-3-31-20-10-8-18(9-11-20)24-27-28-25(29(24)23-7-5-4-6-22(23)26)33-17-16-32-21-14-12-19(30-2)13-15-21/h4-15H,3,16-17H2,1-2H3. The molecule has 1 heterocycles. The zero-order valence-corrected chi connectivity index (χ0v) is 19.2. The Kier molecular flexibility index (Phi) is 7.47. The Labute approximate surface area is 196 Å². The Hall–Kier alpha value is -3.52. The highest BCUT2D eigenvalue weighted by atomic mass is 32.2. The fraction of sp³-hybridized carbons (Fsp3) is 0.200. The third kappa shape index (κ3) is 5.46. The Morgan fingerprint density at radius 1 is 0.848 bits per heavy atom. The predicted molar refractivity (Wildman–Crippen MR) is 127 cm³/mol. The lowest BCUT2D eigenvalue weighted by atomic mass is 10.2. The number of thioether (sulfide) groups is 1. The number of nitrogens with zero attached hydrogens (tertiary/aromatic N) is 3.